The zero-order chi connectivity index (χ0) is 15.0. The molecule has 106 valence electrons. The third kappa shape index (κ3) is 2.43. The van der Waals surface area contributed by atoms with Crippen LogP contribution in [0.2, 0.25) is 0 Å². The van der Waals surface area contributed by atoms with Crippen molar-refractivity contribution >= 4 is 0 Å². The topological polar surface area (TPSA) is 79.4 Å². The quantitative estimate of drug-likeness (QED) is 0.756. The van der Waals surface area contributed by atoms with Gasteiger partial charge in [-0.2, -0.15) is 4.98 Å². The predicted octanol–water partition coefficient (Wildman–Crippen LogP) is 3.26. The molecule has 2 aromatic carbocycles. The van der Waals surface area contributed by atoms with Gasteiger partial charge < -0.3 is 14.7 Å². The van der Waals surface area contributed by atoms with Crippen LogP contribution in [0.25, 0.3) is 22.8 Å². The van der Waals surface area contributed by atoms with Crippen molar-refractivity contribution in [1.82, 2.24) is 10.1 Å². The van der Waals surface area contributed by atoms with Crippen LogP contribution >= 0.6 is 0 Å². The first-order valence-electron chi connectivity index (χ1n) is 6.17. The molecule has 3 aromatic rings. The fourth-order valence-electron chi connectivity index (χ4n) is 1.92. The van der Waals surface area contributed by atoms with Gasteiger partial charge in [0.1, 0.15) is 5.75 Å². The Balaban J connectivity index is 2.01. The molecule has 0 fully saturated rings. The molecule has 0 saturated heterocycles. The number of hydrogen-bond acceptors (Lipinski definition) is 5. The third-order valence-corrected chi connectivity index (χ3v) is 3.02. The maximum Gasteiger partial charge on any atom is 0.261 e. The largest absolute Gasteiger partial charge is 0.507 e. The minimum Gasteiger partial charge on any atom is -0.507 e. The summed E-state index contributed by atoms with van der Waals surface area (Å²) in [5.41, 5.74) is 1.67. The molecule has 1 aromatic heterocycles. The normalized spacial score (nSPS) is 10.8. The first kappa shape index (κ1) is 13.1. The fourth-order valence-corrected chi connectivity index (χ4v) is 1.92. The second kappa shape index (κ2) is 4.90. The summed E-state index contributed by atoms with van der Waals surface area (Å²) >= 11 is 0. The molecule has 0 spiro atoms. The Hall–Kier alpha value is -2.89. The lowest BCUT2D eigenvalue weighted by Gasteiger charge is -2.00. The number of aromatic nitrogens is 2. The van der Waals surface area contributed by atoms with Gasteiger partial charge in [0.15, 0.2) is 11.6 Å². The molecular formula is C15H11FN2O3. The van der Waals surface area contributed by atoms with Crippen molar-refractivity contribution in [1.29, 1.82) is 0 Å². The van der Waals surface area contributed by atoms with Crippen LogP contribution in [0.5, 0.6) is 11.5 Å². The van der Waals surface area contributed by atoms with E-state index < -0.39 is 11.6 Å². The molecule has 0 unspecified atom stereocenters. The molecule has 0 aliphatic rings. The van der Waals surface area contributed by atoms with Gasteiger partial charge in [0.2, 0.25) is 5.82 Å². The number of aromatic hydroxyl groups is 2. The maximum absolute atomic E-state index is 13.3. The van der Waals surface area contributed by atoms with E-state index in [4.69, 9.17) is 9.63 Å². The third-order valence-electron chi connectivity index (χ3n) is 3.02. The van der Waals surface area contributed by atoms with E-state index in [1.165, 1.54) is 12.1 Å². The van der Waals surface area contributed by atoms with Gasteiger partial charge in [-0.05, 0) is 42.8 Å². The van der Waals surface area contributed by atoms with Crippen LogP contribution in [0.15, 0.2) is 40.9 Å². The Kier molecular flexibility index (Phi) is 3.06. The van der Waals surface area contributed by atoms with Gasteiger partial charge in [-0.25, -0.2) is 4.39 Å². The highest BCUT2D eigenvalue weighted by Gasteiger charge is 2.15. The van der Waals surface area contributed by atoms with E-state index in [9.17, 15) is 9.50 Å². The summed E-state index contributed by atoms with van der Waals surface area (Å²) in [4.78, 5) is 4.13. The van der Waals surface area contributed by atoms with Crippen molar-refractivity contribution in [3.05, 3.63) is 47.8 Å². The molecule has 0 aliphatic carbocycles. The number of nitrogens with zero attached hydrogens (tertiary/aromatic N) is 2. The standard InChI is InChI=1S/C15H11FN2O3/c1-8-2-4-10(13(20)6-8)15-17-14(18-21-15)9-3-5-12(19)11(16)7-9/h2-7,19-20H,1H3. The molecule has 0 amide bonds. The Labute approximate surface area is 119 Å². The first-order chi connectivity index (χ1) is 10.0. The lowest BCUT2D eigenvalue weighted by atomic mass is 10.1. The highest BCUT2D eigenvalue weighted by molar-refractivity contribution is 5.65. The first-order valence-corrected chi connectivity index (χ1v) is 6.17. The molecule has 0 saturated carbocycles. The Morgan fingerprint density at radius 2 is 1.86 bits per heavy atom. The van der Waals surface area contributed by atoms with Crippen LogP contribution in [-0.2, 0) is 0 Å². The number of aryl methyl sites for hydroxylation is 1. The summed E-state index contributed by atoms with van der Waals surface area (Å²) in [7, 11) is 0. The summed E-state index contributed by atoms with van der Waals surface area (Å²) in [6, 6.07) is 8.85. The predicted molar refractivity (Wildman–Crippen MR) is 73.2 cm³/mol. The molecule has 0 atom stereocenters. The lowest BCUT2D eigenvalue weighted by molar-refractivity contribution is 0.425. The van der Waals surface area contributed by atoms with Crippen LogP contribution in [0.4, 0.5) is 4.39 Å². The smallest absolute Gasteiger partial charge is 0.261 e. The Morgan fingerprint density at radius 1 is 1.05 bits per heavy atom. The van der Waals surface area contributed by atoms with E-state index >= 15 is 0 Å². The lowest BCUT2D eigenvalue weighted by Crippen LogP contribution is -1.84. The minimum absolute atomic E-state index is 0.0297. The SMILES string of the molecule is Cc1ccc(-c2nc(-c3ccc(O)c(F)c3)no2)c(O)c1. The zero-order valence-corrected chi connectivity index (χ0v) is 11.0. The highest BCUT2D eigenvalue weighted by atomic mass is 19.1. The van der Waals surface area contributed by atoms with Crippen LogP contribution in [0, 0.1) is 12.7 Å². The van der Waals surface area contributed by atoms with Crippen molar-refractivity contribution < 1.29 is 19.1 Å². The van der Waals surface area contributed by atoms with Crippen LogP contribution < -0.4 is 0 Å². The van der Waals surface area contributed by atoms with Crippen molar-refractivity contribution in [3.8, 4) is 34.3 Å². The second-order valence-corrected chi connectivity index (χ2v) is 4.61. The van der Waals surface area contributed by atoms with Gasteiger partial charge in [0.05, 0.1) is 5.56 Å². The van der Waals surface area contributed by atoms with E-state index in [1.54, 1.807) is 18.2 Å². The number of hydrogen-bond donors (Lipinski definition) is 2. The Bertz CT molecular complexity index is 814. The van der Waals surface area contributed by atoms with E-state index in [2.05, 4.69) is 10.1 Å². The van der Waals surface area contributed by atoms with Gasteiger partial charge in [0.25, 0.3) is 5.89 Å². The number of phenols is 2. The average Bonchev–Trinajstić information content (AvgIpc) is 2.91. The van der Waals surface area contributed by atoms with E-state index in [0.717, 1.165) is 11.6 Å². The zero-order valence-electron chi connectivity index (χ0n) is 11.0. The van der Waals surface area contributed by atoms with Crippen molar-refractivity contribution in [2.75, 3.05) is 0 Å². The molecule has 21 heavy (non-hydrogen) atoms. The van der Waals surface area contributed by atoms with Crippen LogP contribution in [-0.4, -0.2) is 20.4 Å². The van der Waals surface area contributed by atoms with Gasteiger partial charge >= 0.3 is 0 Å². The van der Waals surface area contributed by atoms with Gasteiger partial charge in [-0.1, -0.05) is 11.2 Å². The number of phenolic OH excluding ortho intramolecular Hbond substituents is 2. The van der Waals surface area contributed by atoms with Crippen LogP contribution in [0.3, 0.4) is 0 Å². The van der Waals surface area contributed by atoms with Gasteiger partial charge in [-0.15, -0.1) is 0 Å². The maximum atomic E-state index is 13.3. The summed E-state index contributed by atoms with van der Waals surface area (Å²) in [5.74, 6) is -0.877. The molecule has 0 aliphatic heterocycles. The monoisotopic (exact) mass is 286 g/mol. The molecule has 2 N–H and O–H groups in total. The fraction of sp³-hybridized carbons (Fsp3) is 0.0667. The summed E-state index contributed by atoms with van der Waals surface area (Å²) in [6.07, 6.45) is 0. The van der Waals surface area contributed by atoms with Gasteiger partial charge in [0, 0.05) is 5.56 Å². The van der Waals surface area contributed by atoms with Crippen LogP contribution in [0.1, 0.15) is 5.56 Å². The van der Waals surface area contributed by atoms with E-state index in [-0.39, 0.29) is 17.5 Å². The molecule has 0 radical (unpaired) electrons. The summed E-state index contributed by atoms with van der Waals surface area (Å²) in [6.45, 7) is 1.85. The van der Waals surface area contributed by atoms with Crippen molar-refractivity contribution in [2.24, 2.45) is 0 Å². The number of benzene rings is 2. The van der Waals surface area contributed by atoms with E-state index in [1.807, 2.05) is 6.92 Å². The summed E-state index contributed by atoms with van der Waals surface area (Å²) < 4.78 is 18.4. The van der Waals surface area contributed by atoms with Gasteiger partial charge in [-0.3, -0.25) is 0 Å². The molecular weight excluding hydrogens is 275 g/mol. The summed E-state index contributed by atoms with van der Waals surface area (Å²) in [5, 5.41) is 22.8. The molecule has 5 nitrogen and oxygen atoms in total. The minimum atomic E-state index is -0.767. The molecule has 0 bridgehead atoms. The molecule has 6 heteroatoms. The molecule has 1 heterocycles. The van der Waals surface area contributed by atoms with Crippen molar-refractivity contribution in [2.45, 2.75) is 6.92 Å². The Morgan fingerprint density at radius 3 is 2.57 bits per heavy atom. The second-order valence-electron chi connectivity index (χ2n) is 4.61. The number of rotatable bonds is 2. The highest BCUT2D eigenvalue weighted by Crippen LogP contribution is 2.30. The number of halogens is 1. The van der Waals surface area contributed by atoms with Crippen molar-refractivity contribution in [3.63, 3.8) is 0 Å². The van der Waals surface area contributed by atoms with E-state index in [0.29, 0.717) is 11.1 Å². The average molecular weight is 286 g/mol. The molecule has 3 rings (SSSR count).